The average molecular weight is 196 g/mol. The molecule has 0 saturated heterocycles. The molecule has 1 aromatic heterocycles. The van der Waals surface area contributed by atoms with Gasteiger partial charge in [0.15, 0.2) is 5.76 Å². The monoisotopic (exact) mass is 196 g/mol. The molecule has 0 bridgehead atoms. The van der Waals surface area contributed by atoms with Gasteiger partial charge in [-0.05, 0) is 19.9 Å². The minimum Gasteiger partial charge on any atom is -0.360 e. The maximum atomic E-state index is 5.08. The summed E-state index contributed by atoms with van der Waals surface area (Å²) in [4.78, 5) is 0. The Morgan fingerprint density at radius 1 is 1.36 bits per heavy atom. The Morgan fingerprint density at radius 3 is 2.86 bits per heavy atom. The standard InChI is InChI=1S/C11H20N2O/c1-3-4-5-6-7-12-9-11-8-10(2)13-14-11/h8,12H,3-7,9H2,1-2H3. The molecule has 0 spiro atoms. The first-order chi connectivity index (χ1) is 6.83. The highest BCUT2D eigenvalue weighted by Crippen LogP contribution is 2.01. The normalized spacial score (nSPS) is 10.7. The summed E-state index contributed by atoms with van der Waals surface area (Å²) in [6.07, 6.45) is 5.20. The Labute approximate surface area is 85.9 Å². The molecule has 1 rings (SSSR count). The molecule has 0 fully saturated rings. The van der Waals surface area contributed by atoms with Crippen molar-refractivity contribution in [2.75, 3.05) is 6.54 Å². The second-order valence-corrected chi connectivity index (χ2v) is 3.67. The average Bonchev–Trinajstić information content (AvgIpc) is 2.58. The minimum absolute atomic E-state index is 0.799. The summed E-state index contributed by atoms with van der Waals surface area (Å²) in [6.45, 7) is 6.03. The molecule has 1 N–H and O–H groups in total. The van der Waals surface area contributed by atoms with Crippen LogP contribution in [0.25, 0.3) is 0 Å². The van der Waals surface area contributed by atoms with Crippen molar-refractivity contribution in [2.45, 2.75) is 46.1 Å². The topological polar surface area (TPSA) is 38.1 Å². The van der Waals surface area contributed by atoms with Gasteiger partial charge in [0.05, 0.1) is 12.2 Å². The third-order valence-corrected chi connectivity index (χ3v) is 2.18. The number of unbranched alkanes of at least 4 members (excludes halogenated alkanes) is 3. The minimum atomic E-state index is 0.799. The third kappa shape index (κ3) is 4.42. The molecule has 3 heteroatoms. The number of hydrogen-bond acceptors (Lipinski definition) is 3. The van der Waals surface area contributed by atoms with Crippen LogP contribution in [-0.4, -0.2) is 11.7 Å². The molecule has 14 heavy (non-hydrogen) atoms. The Hall–Kier alpha value is -0.830. The predicted molar refractivity (Wildman–Crippen MR) is 57.1 cm³/mol. The number of nitrogens with one attached hydrogen (secondary N) is 1. The van der Waals surface area contributed by atoms with Gasteiger partial charge >= 0.3 is 0 Å². The lowest BCUT2D eigenvalue weighted by molar-refractivity contribution is 0.369. The molecule has 0 aromatic carbocycles. The first kappa shape index (κ1) is 11.2. The lowest BCUT2D eigenvalue weighted by Gasteiger charge is -2.00. The molecule has 0 aliphatic carbocycles. The molecular weight excluding hydrogens is 176 g/mol. The highest BCUT2D eigenvalue weighted by Gasteiger charge is 1.98. The summed E-state index contributed by atoms with van der Waals surface area (Å²) in [5.74, 6) is 0.929. The molecule has 0 aliphatic rings. The van der Waals surface area contributed by atoms with Gasteiger partial charge in [0.1, 0.15) is 0 Å². The van der Waals surface area contributed by atoms with Crippen LogP contribution >= 0.6 is 0 Å². The van der Waals surface area contributed by atoms with Gasteiger partial charge in [0.25, 0.3) is 0 Å². The van der Waals surface area contributed by atoms with Gasteiger partial charge in [-0.2, -0.15) is 0 Å². The molecule has 1 heterocycles. The molecule has 3 nitrogen and oxygen atoms in total. The molecule has 0 atom stereocenters. The summed E-state index contributed by atoms with van der Waals surface area (Å²) >= 11 is 0. The van der Waals surface area contributed by atoms with Gasteiger partial charge < -0.3 is 9.84 Å². The second kappa shape index (κ2) is 6.60. The van der Waals surface area contributed by atoms with E-state index in [1.165, 1.54) is 25.7 Å². The first-order valence-corrected chi connectivity index (χ1v) is 5.46. The van der Waals surface area contributed by atoms with E-state index in [-0.39, 0.29) is 0 Å². The number of rotatable bonds is 7. The summed E-state index contributed by atoms with van der Waals surface area (Å²) in [6, 6.07) is 1.97. The van der Waals surface area contributed by atoms with Crippen LogP contribution < -0.4 is 5.32 Å². The number of aryl methyl sites for hydroxylation is 1. The van der Waals surface area contributed by atoms with Crippen molar-refractivity contribution in [3.8, 4) is 0 Å². The fourth-order valence-electron chi connectivity index (χ4n) is 1.39. The molecule has 0 radical (unpaired) electrons. The fraction of sp³-hybridized carbons (Fsp3) is 0.727. The van der Waals surface area contributed by atoms with Crippen molar-refractivity contribution >= 4 is 0 Å². The molecule has 0 saturated carbocycles. The van der Waals surface area contributed by atoms with E-state index in [2.05, 4.69) is 17.4 Å². The van der Waals surface area contributed by atoms with Crippen LogP contribution in [0.15, 0.2) is 10.6 Å². The molecule has 0 amide bonds. The Bertz CT molecular complexity index is 245. The van der Waals surface area contributed by atoms with Gasteiger partial charge in [-0.15, -0.1) is 0 Å². The first-order valence-electron chi connectivity index (χ1n) is 5.46. The van der Waals surface area contributed by atoms with Crippen LogP contribution in [0.4, 0.5) is 0 Å². The van der Waals surface area contributed by atoms with Crippen molar-refractivity contribution in [2.24, 2.45) is 0 Å². The third-order valence-electron chi connectivity index (χ3n) is 2.18. The highest BCUT2D eigenvalue weighted by atomic mass is 16.5. The lowest BCUT2D eigenvalue weighted by atomic mass is 10.2. The van der Waals surface area contributed by atoms with Crippen molar-refractivity contribution in [3.63, 3.8) is 0 Å². The van der Waals surface area contributed by atoms with E-state index in [0.29, 0.717) is 0 Å². The zero-order valence-corrected chi connectivity index (χ0v) is 9.18. The van der Waals surface area contributed by atoms with E-state index in [0.717, 1.165) is 24.5 Å². The van der Waals surface area contributed by atoms with Crippen molar-refractivity contribution in [1.82, 2.24) is 10.5 Å². The number of aromatic nitrogens is 1. The molecule has 0 unspecified atom stereocenters. The largest absolute Gasteiger partial charge is 0.360 e. The summed E-state index contributed by atoms with van der Waals surface area (Å²) < 4.78 is 5.08. The molecule has 1 aromatic rings. The van der Waals surface area contributed by atoms with Gasteiger partial charge in [-0.25, -0.2) is 0 Å². The van der Waals surface area contributed by atoms with E-state index in [1.807, 2.05) is 13.0 Å². The highest BCUT2D eigenvalue weighted by molar-refractivity contribution is 5.02. The SMILES string of the molecule is CCCCCCNCc1cc(C)no1. The lowest BCUT2D eigenvalue weighted by Crippen LogP contribution is -2.14. The van der Waals surface area contributed by atoms with Crippen LogP contribution in [0.3, 0.4) is 0 Å². The zero-order chi connectivity index (χ0) is 10.2. The molecule has 0 aliphatic heterocycles. The van der Waals surface area contributed by atoms with E-state index >= 15 is 0 Å². The van der Waals surface area contributed by atoms with Crippen molar-refractivity contribution in [3.05, 3.63) is 17.5 Å². The Kier molecular flexibility index (Phi) is 5.30. The van der Waals surface area contributed by atoms with E-state index in [1.54, 1.807) is 0 Å². The van der Waals surface area contributed by atoms with Crippen LogP contribution in [0.5, 0.6) is 0 Å². The van der Waals surface area contributed by atoms with Crippen LogP contribution in [-0.2, 0) is 6.54 Å². The maximum absolute atomic E-state index is 5.08. The van der Waals surface area contributed by atoms with E-state index in [4.69, 9.17) is 4.52 Å². The maximum Gasteiger partial charge on any atom is 0.150 e. The fourth-order valence-corrected chi connectivity index (χ4v) is 1.39. The van der Waals surface area contributed by atoms with E-state index < -0.39 is 0 Å². The Morgan fingerprint density at radius 2 is 2.21 bits per heavy atom. The summed E-state index contributed by atoms with van der Waals surface area (Å²) in [7, 11) is 0. The predicted octanol–water partition coefficient (Wildman–Crippen LogP) is 2.65. The zero-order valence-electron chi connectivity index (χ0n) is 9.18. The Balaban J connectivity index is 1.99. The van der Waals surface area contributed by atoms with Gasteiger partial charge in [-0.1, -0.05) is 31.3 Å². The van der Waals surface area contributed by atoms with E-state index in [9.17, 15) is 0 Å². The smallest absolute Gasteiger partial charge is 0.150 e. The molecular formula is C11H20N2O. The van der Waals surface area contributed by atoms with Gasteiger partial charge in [0, 0.05) is 6.07 Å². The molecule has 80 valence electrons. The number of hydrogen-bond donors (Lipinski definition) is 1. The van der Waals surface area contributed by atoms with Crippen LogP contribution in [0, 0.1) is 6.92 Å². The van der Waals surface area contributed by atoms with Crippen LogP contribution in [0.1, 0.15) is 44.1 Å². The van der Waals surface area contributed by atoms with Crippen molar-refractivity contribution < 1.29 is 4.52 Å². The number of nitrogens with zero attached hydrogens (tertiary/aromatic N) is 1. The summed E-state index contributed by atoms with van der Waals surface area (Å²) in [5.41, 5.74) is 0.952. The van der Waals surface area contributed by atoms with Gasteiger partial charge in [-0.3, -0.25) is 0 Å². The quantitative estimate of drug-likeness (QED) is 0.681. The van der Waals surface area contributed by atoms with Crippen LogP contribution in [0.2, 0.25) is 0 Å². The van der Waals surface area contributed by atoms with Crippen molar-refractivity contribution in [1.29, 1.82) is 0 Å². The van der Waals surface area contributed by atoms with Gasteiger partial charge in [0.2, 0.25) is 0 Å². The summed E-state index contributed by atoms with van der Waals surface area (Å²) in [5, 5.41) is 7.17. The second-order valence-electron chi connectivity index (χ2n) is 3.67.